The molecule has 2 aliphatic rings. The summed E-state index contributed by atoms with van der Waals surface area (Å²) in [6, 6.07) is 7.56. The van der Waals surface area contributed by atoms with Gasteiger partial charge in [0.1, 0.15) is 30.0 Å². The van der Waals surface area contributed by atoms with E-state index in [4.69, 9.17) is 42.1 Å². The van der Waals surface area contributed by atoms with Crippen LogP contribution >= 0.6 is 23.2 Å². The van der Waals surface area contributed by atoms with Crippen molar-refractivity contribution in [3.05, 3.63) is 68.2 Å². The van der Waals surface area contributed by atoms with Gasteiger partial charge in [-0.15, -0.1) is 0 Å². The molecule has 2 amide bonds. The molecule has 0 unspecified atom stereocenters. The fourth-order valence-corrected chi connectivity index (χ4v) is 9.31. The van der Waals surface area contributed by atoms with Crippen LogP contribution in [-0.2, 0) is 35.0 Å². The number of nitro groups is 1. The van der Waals surface area contributed by atoms with Gasteiger partial charge in [0.05, 0.1) is 51.8 Å². The minimum atomic E-state index is -2.15. The average Bonchev–Trinajstić information content (AvgIpc) is 3.20. The smallest absolute Gasteiger partial charge is 0.322 e. The number of nitrogens with one attached hydrogen (secondary N) is 1. The molecule has 0 aliphatic carbocycles. The summed E-state index contributed by atoms with van der Waals surface area (Å²) < 4.78 is 24.9. The lowest BCUT2D eigenvalue weighted by atomic mass is 9.77. The number of rotatable bonds is 9. The minimum Gasteiger partial charge on any atom is -0.461 e. The predicted octanol–water partition coefficient (Wildman–Crippen LogP) is 5.59. The zero-order chi connectivity index (χ0) is 47.3. The van der Waals surface area contributed by atoms with E-state index in [2.05, 4.69) is 5.32 Å². The molecule has 63 heavy (non-hydrogen) atoms. The van der Waals surface area contributed by atoms with Gasteiger partial charge in [-0.1, -0.05) is 56.1 Å². The standard InChI is InChI=1S/C44H64Cl2N4O13/c1-11-34-44(8,57)38(53)27(6)49(42(55)47-32-17-14-29(45)20-31(32)46)22-23(2)21-43(7,56)39(63-41-36(52)33(48(9)10)18-24(3)60-41)25(4)37(26(5)40(54)61-34)62-35(51)19-28-12-15-30(16-13-28)50(58)59/h12-17,20,23-27,33-34,36-39,41,52-53,56-57H,11,18-19,21-22H2,1-10H3,(H,47,55)/t23-,24-,25+,26-,27-,33+,34-,36-,37+,38-,39-,41+,43-,44-/m1/s1. The van der Waals surface area contributed by atoms with Crippen molar-refractivity contribution in [1.29, 1.82) is 0 Å². The maximum Gasteiger partial charge on any atom is 0.322 e. The van der Waals surface area contributed by atoms with Crippen LogP contribution in [0.3, 0.4) is 0 Å². The van der Waals surface area contributed by atoms with E-state index in [1.165, 1.54) is 75.1 Å². The summed E-state index contributed by atoms with van der Waals surface area (Å²) in [7, 11) is 3.62. The van der Waals surface area contributed by atoms with Crippen LogP contribution in [0.5, 0.6) is 0 Å². The lowest BCUT2D eigenvalue weighted by Crippen LogP contribution is -2.61. The molecule has 4 rings (SSSR count). The molecule has 2 heterocycles. The number of halogens is 2. The van der Waals surface area contributed by atoms with Crippen molar-refractivity contribution in [3.8, 4) is 0 Å². The molecule has 14 atom stereocenters. The Hall–Kier alpha value is -3.65. The van der Waals surface area contributed by atoms with Crippen molar-refractivity contribution < 1.29 is 58.7 Å². The normalized spacial score (nSPS) is 34.9. The molecule has 0 saturated carbocycles. The van der Waals surface area contributed by atoms with E-state index in [9.17, 15) is 44.9 Å². The van der Waals surface area contributed by atoms with Crippen LogP contribution in [0.15, 0.2) is 42.5 Å². The number of carbonyl (C=O) groups is 3. The number of hydrogen-bond donors (Lipinski definition) is 5. The van der Waals surface area contributed by atoms with E-state index in [1.54, 1.807) is 20.8 Å². The highest BCUT2D eigenvalue weighted by molar-refractivity contribution is 6.36. The maximum atomic E-state index is 14.3. The predicted molar refractivity (Wildman–Crippen MR) is 235 cm³/mol. The van der Waals surface area contributed by atoms with Gasteiger partial charge in [-0.25, -0.2) is 4.79 Å². The fourth-order valence-electron chi connectivity index (χ4n) is 8.85. The number of cyclic esters (lactones) is 1. The molecule has 0 radical (unpaired) electrons. The number of urea groups is 1. The van der Waals surface area contributed by atoms with Gasteiger partial charge < -0.3 is 54.5 Å². The van der Waals surface area contributed by atoms with E-state index >= 15 is 0 Å². The zero-order valence-electron chi connectivity index (χ0n) is 37.6. The van der Waals surface area contributed by atoms with E-state index in [0.717, 1.165) is 0 Å². The Morgan fingerprint density at radius 1 is 1.05 bits per heavy atom. The lowest BCUT2D eigenvalue weighted by molar-refractivity contribution is -0.384. The number of amides is 2. The third-order valence-corrected chi connectivity index (χ3v) is 12.9. The van der Waals surface area contributed by atoms with Crippen LogP contribution in [0.25, 0.3) is 0 Å². The first-order valence-electron chi connectivity index (χ1n) is 21.2. The van der Waals surface area contributed by atoms with Crippen molar-refractivity contribution in [2.24, 2.45) is 17.8 Å². The van der Waals surface area contributed by atoms with Crippen molar-refractivity contribution >= 4 is 52.5 Å². The van der Waals surface area contributed by atoms with Crippen molar-refractivity contribution in [2.45, 2.75) is 147 Å². The Labute approximate surface area is 379 Å². The number of nitrogens with zero attached hydrogens (tertiary/aromatic N) is 3. The van der Waals surface area contributed by atoms with Gasteiger partial charge in [-0.3, -0.25) is 19.7 Å². The first-order chi connectivity index (χ1) is 29.3. The molecular weight excluding hydrogens is 863 g/mol. The van der Waals surface area contributed by atoms with Gasteiger partial charge in [-0.2, -0.15) is 0 Å². The quantitative estimate of drug-likeness (QED) is 0.117. The zero-order valence-corrected chi connectivity index (χ0v) is 39.1. The highest BCUT2D eigenvalue weighted by Gasteiger charge is 2.51. The first kappa shape index (κ1) is 52.0. The number of carbonyl (C=O) groups excluding carboxylic acids is 3. The van der Waals surface area contributed by atoms with E-state index in [0.29, 0.717) is 17.0 Å². The van der Waals surface area contributed by atoms with Crippen LogP contribution in [0.4, 0.5) is 16.2 Å². The van der Waals surface area contributed by atoms with Crippen LogP contribution in [0.2, 0.25) is 10.0 Å². The van der Waals surface area contributed by atoms with Crippen molar-refractivity contribution in [3.63, 3.8) is 0 Å². The molecular formula is C44H64Cl2N4O13. The summed E-state index contributed by atoms with van der Waals surface area (Å²) in [5.74, 6) is -4.66. The van der Waals surface area contributed by atoms with Gasteiger partial charge in [0.15, 0.2) is 6.29 Å². The largest absolute Gasteiger partial charge is 0.461 e. The molecule has 2 aromatic carbocycles. The van der Waals surface area contributed by atoms with Crippen molar-refractivity contribution in [2.75, 3.05) is 26.0 Å². The third-order valence-electron chi connectivity index (χ3n) is 12.3. The minimum absolute atomic E-state index is 0.0148. The van der Waals surface area contributed by atoms with Crippen LogP contribution in [-0.4, -0.2) is 140 Å². The molecule has 0 bridgehead atoms. The molecule has 2 aromatic rings. The second kappa shape index (κ2) is 21.6. The van der Waals surface area contributed by atoms with Gasteiger partial charge in [0.25, 0.3) is 5.69 Å². The average molecular weight is 928 g/mol. The van der Waals surface area contributed by atoms with Crippen LogP contribution in [0.1, 0.15) is 80.2 Å². The Kier molecular flexibility index (Phi) is 17.8. The Morgan fingerprint density at radius 3 is 2.25 bits per heavy atom. The third kappa shape index (κ3) is 12.8. The summed E-state index contributed by atoms with van der Waals surface area (Å²) >= 11 is 12.5. The number of anilines is 1. The SMILES string of the molecule is CC[C@H]1OC(=O)[C@H](C)[C@@H](OC(=O)Cc2ccc([N+](=O)[O-])cc2)[C@H](C)[C@@H](O[C@@H]2O[C@H](C)C[C@H](N(C)C)[C@H]2O)[C@](C)(O)C[C@@H](C)CN(C(=O)Nc2ccc(Cl)cc2Cl)[C@H](C)[C@@H](O)[C@]1(C)O. The highest BCUT2D eigenvalue weighted by atomic mass is 35.5. The summed E-state index contributed by atoms with van der Waals surface area (Å²) in [5, 5.41) is 62.7. The topological polar surface area (TPSA) is 231 Å². The molecule has 352 valence electrons. The Balaban J connectivity index is 1.84. The van der Waals surface area contributed by atoms with Gasteiger partial charge in [-0.05, 0) is 97.7 Å². The number of nitro benzene ring substituents is 1. The number of ether oxygens (including phenoxy) is 4. The lowest BCUT2D eigenvalue weighted by Gasteiger charge is -2.47. The summed E-state index contributed by atoms with van der Waals surface area (Å²) in [6.45, 7) is 12.5. The number of benzene rings is 2. The second-order valence-electron chi connectivity index (χ2n) is 17.9. The summed E-state index contributed by atoms with van der Waals surface area (Å²) in [6.07, 6.45) is -8.62. The Morgan fingerprint density at radius 2 is 1.68 bits per heavy atom. The molecule has 0 spiro atoms. The Bertz CT molecular complexity index is 1900. The molecule has 0 aromatic heterocycles. The number of esters is 2. The number of non-ortho nitro benzene ring substituents is 1. The number of aliphatic hydroxyl groups excluding tert-OH is 2. The number of aliphatic hydroxyl groups is 4. The number of likely N-dealkylation sites (N-methyl/N-ethyl adjacent to an activating group) is 1. The maximum absolute atomic E-state index is 14.3. The second-order valence-corrected chi connectivity index (χ2v) is 18.8. The molecule has 17 nitrogen and oxygen atoms in total. The summed E-state index contributed by atoms with van der Waals surface area (Å²) in [5.41, 5.74) is -3.59. The molecule has 2 fully saturated rings. The van der Waals surface area contributed by atoms with E-state index in [1.807, 2.05) is 25.9 Å². The molecule has 2 saturated heterocycles. The van der Waals surface area contributed by atoms with E-state index < -0.39 is 101 Å². The first-order valence-corrected chi connectivity index (χ1v) is 22.0. The summed E-state index contributed by atoms with van der Waals surface area (Å²) in [4.78, 5) is 56.1. The van der Waals surface area contributed by atoms with E-state index in [-0.39, 0.29) is 48.3 Å². The molecule has 5 N–H and O–H groups in total. The van der Waals surface area contributed by atoms with Crippen LogP contribution in [0, 0.1) is 27.9 Å². The highest BCUT2D eigenvalue weighted by Crippen LogP contribution is 2.38. The fraction of sp³-hybridized carbons (Fsp3) is 0.659. The molecule has 2 aliphatic heterocycles. The van der Waals surface area contributed by atoms with Gasteiger partial charge >= 0.3 is 18.0 Å². The number of hydrogen-bond acceptors (Lipinski definition) is 14. The monoisotopic (exact) mass is 926 g/mol. The van der Waals surface area contributed by atoms with Gasteiger partial charge in [0, 0.05) is 35.7 Å². The van der Waals surface area contributed by atoms with Gasteiger partial charge in [0.2, 0.25) is 0 Å². The molecule has 19 heteroatoms. The van der Waals surface area contributed by atoms with Crippen molar-refractivity contribution in [1.82, 2.24) is 9.80 Å². The van der Waals surface area contributed by atoms with Crippen LogP contribution < -0.4 is 5.32 Å².